The molecule has 0 N–H and O–H groups in total. The summed E-state index contributed by atoms with van der Waals surface area (Å²) in [7, 11) is 0. The number of hydrogen-bond acceptors (Lipinski definition) is 3. The van der Waals surface area contributed by atoms with Gasteiger partial charge in [0.05, 0.1) is 26.3 Å². The molecule has 1 aromatic heterocycles. The minimum Gasteiger partial charge on any atom is -0.342 e. The summed E-state index contributed by atoms with van der Waals surface area (Å²) in [6.07, 6.45) is 4.05. The van der Waals surface area contributed by atoms with E-state index in [0.29, 0.717) is 26.7 Å². The summed E-state index contributed by atoms with van der Waals surface area (Å²) in [6.45, 7) is 4.70. The SMILES string of the molecule is Cc1ccc(N=C2S/C(=C/c3cn(Cc4ccc(Cl)c(Cl)c4)c4ccccc34)C(=O)N2c2ccc(C)cc2)cc1. The number of fused-ring (bicyclic) bond motifs is 1. The average molecular weight is 583 g/mol. The van der Waals surface area contributed by atoms with E-state index in [2.05, 4.69) is 22.9 Å². The van der Waals surface area contributed by atoms with Crippen molar-refractivity contribution in [2.24, 2.45) is 4.99 Å². The first-order valence-corrected chi connectivity index (χ1v) is 14.4. The first kappa shape index (κ1) is 26.5. The number of aryl methyl sites for hydroxylation is 2. The van der Waals surface area contributed by atoms with Crippen LogP contribution in [0.3, 0.4) is 0 Å². The molecular formula is C33H25Cl2N3OS. The van der Waals surface area contributed by atoms with Crippen molar-refractivity contribution in [2.45, 2.75) is 20.4 Å². The predicted molar refractivity (Wildman–Crippen MR) is 170 cm³/mol. The van der Waals surface area contributed by atoms with Crippen molar-refractivity contribution < 1.29 is 4.79 Å². The highest BCUT2D eigenvalue weighted by Crippen LogP contribution is 2.38. The molecule has 0 saturated carbocycles. The third-order valence-corrected chi connectivity index (χ3v) is 8.51. The van der Waals surface area contributed by atoms with E-state index < -0.39 is 0 Å². The van der Waals surface area contributed by atoms with Crippen molar-refractivity contribution in [3.05, 3.63) is 134 Å². The lowest BCUT2D eigenvalue weighted by atomic mass is 10.1. The van der Waals surface area contributed by atoms with Crippen molar-refractivity contribution >= 4 is 74.4 Å². The van der Waals surface area contributed by atoms with Gasteiger partial charge in [-0.1, -0.05) is 82.9 Å². The molecule has 0 atom stereocenters. The second-order valence-electron chi connectivity index (χ2n) is 9.79. The van der Waals surface area contributed by atoms with Crippen LogP contribution in [0.2, 0.25) is 10.0 Å². The number of rotatable bonds is 5. The summed E-state index contributed by atoms with van der Waals surface area (Å²) in [4.78, 5) is 21.1. The van der Waals surface area contributed by atoms with Gasteiger partial charge >= 0.3 is 0 Å². The number of amidine groups is 1. The molecule has 1 fully saturated rings. The maximum atomic E-state index is 13.9. The predicted octanol–water partition coefficient (Wildman–Crippen LogP) is 9.42. The number of aliphatic imine (C=N–C) groups is 1. The molecule has 0 unspecified atom stereocenters. The van der Waals surface area contributed by atoms with Crippen LogP contribution in [0, 0.1) is 13.8 Å². The first-order chi connectivity index (χ1) is 19.4. The number of aromatic nitrogens is 1. The Morgan fingerprint density at radius 3 is 2.27 bits per heavy atom. The van der Waals surface area contributed by atoms with E-state index in [9.17, 15) is 4.79 Å². The molecule has 5 aromatic rings. The fraction of sp³-hybridized carbons (Fsp3) is 0.0909. The fourth-order valence-corrected chi connectivity index (χ4v) is 6.01. The molecule has 0 radical (unpaired) electrons. The van der Waals surface area contributed by atoms with Gasteiger partial charge in [-0.05, 0) is 79.7 Å². The van der Waals surface area contributed by atoms with Gasteiger partial charge in [0.2, 0.25) is 0 Å². The van der Waals surface area contributed by atoms with Crippen LogP contribution in [0.1, 0.15) is 22.3 Å². The number of carbonyl (C=O) groups is 1. The third-order valence-electron chi connectivity index (χ3n) is 6.80. The van der Waals surface area contributed by atoms with Gasteiger partial charge in [-0.3, -0.25) is 9.69 Å². The molecule has 40 heavy (non-hydrogen) atoms. The molecule has 0 aliphatic carbocycles. The number of benzene rings is 4. The van der Waals surface area contributed by atoms with Crippen molar-refractivity contribution in [3.8, 4) is 0 Å². The summed E-state index contributed by atoms with van der Waals surface area (Å²) >= 11 is 13.8. The van der Waals surface area contributed by atoms with Gasteiger partial charge in [-0.15, -0.1) is 0 Å². The number of carbonyl (C=O) groups excluding carboxylic acids is 1. The molecule has 0 spiro atoms. The molecule has 1 amide bonds. The highest BCUT2D eigenvalue weighted by Gasteiger charge is 2.35. The minimum absolute atomic E-state index is 0.0963. The molecule has 1 aliphatic heterocycles. The van der Waals surface area contributed by atoms with E-state index in [1.54, 1.807) is 4.90 Å². The highest BCUT2D eigenvalue weighted by molar-refractivity contribution is 8.19. The Morgan fingerprint density at radius 1 is 0.850 bits per heavy atom. The molecule has 7 heteroatoms. The molecule has 2 heterocycles. The second-order valence-corrected chi connectivity index (χ2v) is 11.6. The van der Waals surface area contributed by atoms with Gasteiger partial charge in [-0.25, -0.2) is 4.99 Å². The molecule has 1 saturated heterocycles. The number of para-hydroxylation sites is 1. The first-order valence-electron chi connectivity index (χ1n) is 12.8. The van der Waals surface area contributed by atoms with E-state index in [4.69, 9.17) is 28.2 Å². The van der Waals surface area contributed by atoms with Gasteiger partial charge in [0, 0.05) is 29.2 Å². The third kappa shape index (κ3) is 5.33. The number of halogens is 2. The summed E-state index contributed by atoms with van der Waals surface area (Å²) in [5.41, 5.74) is 6.96. The molecule has 1 aliphatic rings. The molecule has 6 rings (SSSR count). The Bertz CT molecular complexity index is 1800. The van der Waals surface area contributed by atoms with Crippen molar-refractivity contribution in [3.63, 3.8) is 0 Å². The Labute approximate surface area is 247 Å². The summed E-state index contributed by atoms with van der Waals surface area (Å²) in [6, 6.07) is 29.8. The summed E-state index contributed by atoms with van der Waals surface area (Å²) in [5.74, 6) is -0.0963. The molecule has 198 valence electrons. The van der Waals surface area contributed by atoms with E-state index in [0.717, 1.165) is 44.5 Å². The summed E-state index contributed by atoms with van der Waals surface area (Å²) < 4.78 is 2.17. The van der Waals surface area contributed by atoms with Crippen LogP contribution in [0.15, 0.2) is 107 Å². The number of anilines is 1. The number of thioether (sulfide) groups is 1. The van der Waals surface area contributed by atoms with Gasteiger partial charge in [0.25, 0.3) is 5.91 Å². The Balaban J connectivity index is 1.41. The normalized spacial score (nSPS) is 15.6. The van der Waals surface area contributed by atoms with Crippen LogP contribution in [-0.2, 0) is 11.3 Å². The molecule has 0 bridgehead atoms. The molecule has 4 aromatic carbocycles. The van der Waals surface area contributed by atoms with Crippen molar-refractivity contribution in [1.29, 1.82) is 0 Å². The van der Waals surface area contributed by atoms with Gasteiger partial charge in [0.15, 0.2) is 5.17 Å². The highest BCUT2D eigenvalue weighted by atomic mass is 35.5. The smallest absolute Gasteiger partial charge is 0.271 e. The summed E-state index contributed by atoms with van der Waals surface area (Å²) in [5, 5.41) is 2.76. The zero-order valence-electron chi connectivity index (χ0n) is 21.9. The number of amides is 1. The molecule has 4 nitrogen and oxygen atoms in total. The number of hydrogen-bond donors (Lipinski definition) is 0. The van der Waals surface area contributed by atoms with Crippen LogP contribution in [0.5, 0.6) is 0 Å². The second kappa shape index (κ2) is 11.0. The van der Waals surface area contributed by atoms with E-state index in [1.807, 2.05) is 98.8 Å². The van der Waals surface area contributed by atoms with Crippen molar-refractivity contribution in [1.82, 2.24) is 4.57 Å². The standard InChI is InChI=1S/C33H25Cl2N3OS/c1-21-7-12-25(13-8-21)36-33-38(26-14-9-22(2)10-15-26)32(39)31(40-33)18-24-20-37(30-6-4-3-5-27(24)30)19-23-11-16-28(34)29(35)17-23/h3-18,20H,19H2,1-2H3/b31-18+,36-33?. The van der Waals surface area contributed by atoms with Crippen LogP contribution in [-0.4, -0.2) is 15.6 Å². The monoisotopic (exact) mass is 581 g/mol. The Hall–Kier alpha value is -3.77. The van der Waals surface area contributed by atoms with Gasteiger partial charge < -0.3 is 4.57 Å². The Morgan fingerprint density at radius 2 is 1.55 bits per heavy atom. The van der Waals surface area contributed by atoms with Crippen LogP contribution >= 0.6 is 35.0 Å². The van der Waals surface area contributed by atoms with Gasteiger partial charge in [0.1, 0.15) is 0 Å². The average Bonchev–Trinajstić information content (AvgIpc) is 3.45. The topological polar surface area (TPSA) is 37.6 Å². The maximum Gasteiger partial charge on any atom is 0.271 e. The zero-order chi connectivity index (χ0) is 27.8. The van der Waals surface area contributed by atoms with Crippen molar-refractivity contribution in [2.75, 3.05) is 4.90 Å². The Kier molecular flexibility index (Phi) is 7.28. The lowest BCUT2D eigenvalue weighted by Gasteiger charge is -2.16. The minimum atomic E-state index is -0.0963. The molecular weight excluding hydrogens is 557 g/mol. The number of nitrogens with zero attached hydrogens (tertiary/aromatic N) is 3. The lowest BCUT2D eigenvalue weighted by Crippen LogP contribution is -2.28. The van der Waals surface area contributed by atoms with E-state index >= 15 is 0 Å². The maximum absolute atomic E-state index is 13.9. The fourth-order valence-electron chi connectivity index (χ4n) is 4.70. The van der Waals surface area contributed by atoms with E-state index in [1.165, 1.54) is 11.8 Å². The lowest BCUT2D eigenvalue weighted by molar-refractivity contribution is -0.113. The quantitative estimate of drug-likeness (QED) is 0.194. The zero-order valence-corrected chi connectivity index (χ0v) is 24.3. The van der Waals surface area contributed by atoms with E-state index in [-0.39, 0.29) is 5.91 Å². The van der Waals surface area contributed by atoms with Crippen LogP contribution in [0.4, 0.5) is 11.4 Å². The largest absolute Gasteiger partial charge is 0.342 e. The van der Waals surface area contributed by atoms with Crippen LogP contribution in [0.25, 0.3) is 17.0 Å². The van der Waals surface area contributed by atoms with Gasteiger partial charge in [-0.2, -0.15) is 0 Å². The van der Waals surface area contributed by atoms with Crippen LogP contribution < -0.4 is 4.90 Å².